The van der Waals surface area contributed by atoms with E-state index in [1.165, 1.54) is 18.2 Å². The Morgan fingerprint density at radius 1 is 0.932 bits per heavy atom. The van der Waals surface area contributed by atoms with E-state index in [1.54, 1.807) is 4.90 Å². The number of likely N-dealkylation sites (tertiary alicyclic amines) is 1. The molecule has 1 aliphatic carbocycles. The van der Waals surface area contributed by atoms with Gasteiger partial charge in [-0.25, -0.2) is 4.79 Å². The number of nitrogens with one attached hydrogen (secondary N) is 3. The Morgan fingerprint density at radius 3 is 2.18 bits per heavy atom. The normalized spacial score (nSPS) is 19.5. The van der Waals surface area contributed by atoms with Crippen LogP contribution in [0.4, 0.5) is 4.79 Å². The lowest BCUT2D eigenvalue weighted by Crippen LogP contribution is -2.59. The van der Waals surface area contributed by atoms with Crippen molar-refractivity contribution in [2.45, 2.75) is 108 Å². The summed E-state index contributed by atoms with van der Waals surface area (Å²) < 4.78 is 0. The van der Waals surface area contributed by atoms with Gasteiger partial charge in [-0.05, 0) is 36.5 Å². The molecule has 0 aromatic heterocycles. The number of piperidine rings is 1. The van der Waals surface area contributed by atoms with Gasteiger partial charge in [0.05, 0.1) is 12.1 Å². The molecule has 2 aliphatic rings. The summed E-state index contributed by atoms with van der Waals surface area (Å²) in [5, 5.41) is 30.6. The molecule has 0 spiro atoms. The van der Waals surface area contributed by atoms with E-state index in [0.29, 0.717) is 50.4 Å². The van der Waals surface area contributed by atoms with Crippen molar-refractivity contribution < 1.29 is 29.4 Å². The molecule has 0 unspecified atom stereocenters. The number of carbonyl (C=O) groups excluding carboxylic acids is 4. The summed E-state index contributed by atoms with van der Waals surface area (Å²) in [4.78, 5) is 53.7. The van der Waals surface area contributed by atoms with Crippen molar-refractivity contribution in [1.82, 2.24) is 20.9 Å². The lowest BCUT2D eigenvalue weighted by Gasteiger charge is -2.34. The molecule has 44 heavy (non-hydrogen) atoms. The Hall–Kier alpha value is -2.63. The highest BCUT2D eigenvalue weighted by atomic mass is 32.2. The molecule has 3 rings (SSSR count). The Balaban J connectivity index is 1.74. The summed E-state index contributed by atoms with van der Waals surface area (Å²) in [6, 6.07) is 6.40. The third kappa shape index (κ3) is 11.7. The van der Waals surface area contributed by atoms with E-state index in [0.717, 1.165) is 31.2 Å². The summed E-state index contributed by atoms with van der Waals surface area (Å²) in [5.74, 6) is 0.00788. The van der Waals surface area contributed by atoms with Crippen LogP contribution in [0.5, 0.6) is 0 Å². The predicted octanol–water partition coefficient (Wildman–Crippen LogP) is 3.04. The first-order valence-corrected chi connectivity index (χ1v) is 17.5. The topological polar surface area (TPSA) is 148 Å². The van der Waals surface area contributed by atoms with Crippen LogP contribution in [-0.4, -0.2) is 94.2 Å². The Labute approximate surface area is 266 Å². The number of ketones is 1. The quantitative estimate of drug-likeness (QED) is 0.200. The maximum Gasteiger partial charge on any atom is 0.318 e. The van der Waals surface area contributed by atoms with Gasteiger partial charge in [0.1, 0.15) is 24.0 Å². The molecule has 2 fully saturated rings. The largest absolute Gasteiger partial charge is 0.390 e. The number of benzene rings is 1. The second kappa shape index (κ2) is 18.4. The monoisotopic (exact) mass is 632 g/mol. The molecule has 1 heterocycles. The number of aliphatic hydroxyl groups excluding tert-OH is 2. The molecule has 246 valence electrons. The molecule has 0 radical (unpaired) electrons. The van der Waals surface area contributed by atoms with Crippen molar-refractivity contribution in [3.8, 4) is 0 Å². The molecular formula is C33H52N4O6S. The number of Topliss-reactive ketones (excluding diaryl/α,β-unsaturated/α-hetero) is 1. The fraction of sp³-hybridized carbons (Fsp3) is 0.697. The van der Waals surface area contributed by atoms with Gasteiger partial charge in [-0.15, -0.1) is 0 Å². The zero-order valence-electron chi connectivity index (χ0n) is 26.5. The van der Waals surface area contributed by atoms with Gasteiger partial charge in [0.15, 0.2) is 0 Å². The van der Waals surface area contributed by atoms with Crippen LogP contribution in [0.1, 0.15) is 77.2 Å². The fourth-order valence-electron chi connectivity index (χ4n) is 6.12. The van der Waals surface area contributed by atoms with Crippen molar-refractivity contribution in [3.63, 3.8) is 0 Å². The summed E-state index contributed by atoms with van der Waals surface area (Å²) >= 11 is 1.40. The standard InChI is InChI=1S/C33H52N4O6S/c1-22(2)18-29(39)30(40)26(19-23-10-6-4-7-11-23)34-32(42)28(21-44-3)35-31(41)27(20-24-12-8-5-9-13-24)36-33(43)37-16-14-25(38)15-17-37/h5,8-9,12-13,22-23,26-30,39-40H,4,6-7,10-11,14-21H2,1-3H3,(H,34,42)(H,35,41)(H,36,43)/t26-,27-,28-,29-,30+/m0/s1. The van der Waals surface area contributed by atoms with Gasteiger partial charge >= 0.3 is 6.03 Å². The highest BCUT2D eigenvalue weighted by molar-refractivity contribution is 7.98. The first-order valence-electron chi connectivity index (χ1n) is 16.1. The number of aliphatic hydroxyl groups is 2. The lowest BCUT2D eigenvalue weighted by molar-refractivity contribution is -0.130. The van der Waals surface area contributed by atoms with Crippen molar-refractivity contribution in [1.29, 1.82) is 0 Å². The Kier molecular flexibility index (Phi) is 15.0. The minimum atomic E-state index is -1.13. The fourth-order valence-corrected chi connectivity index (χ4v) is 6.69. The molecule has 1 aromatic carbocycles. The molecule has 5 atom stereocenters. The number of hydrogen-bond acceptors (Lipinski definition) is 7. The van der Waals surface area contributed by atoms with Crippen LogP contribution < -0.4 is 16.0 Å². The van der Waals surface area contributed by atoms with Crippen LogP contribution in [-0.2, 0) is 20.8 Å². The van der Waals surface area contributed by atoms with Gasteiger partial charge < -0.3 is 31.1 Å². The van der Waals surface area contributed by atoms with E-state index in [2.05, 4.69) is 16.0 Å². The second-order valence-electron chi connectivity index (χ2n) is 12.8. The zero-order chi connectivity index (χ0) is 32.1. The molecule has 1 aliphatic heterocycles. The van der Waals surface area contributed by atoms with E-state index < -0.39 is 48.2 Å². The minimum absolute atomic E-state index is 0.113. The van der Waals surface area contributed by atoms with Crippen LogP contribution in [0.15, 0.2) is 30.3 Å². The van der Waals surface area contributed by atoms with Gasteiger partial charge in [-0.1, -0.05) is 76.3 Å². The number of hydrogen-bond donors (Lipinski definition) is 5. The van der Waals surface area contributed by atoms with E-state index >= 15 is 0 Å². The van der Waals surface area contributed by atoms with Crippen molar-refractivity contribution in [2.24, 2.45) is 11.8 Å². The van der Waals surface area contributed by atoms with Gasteiger partial charge in [-0.3, -0.25) is 14.4 Å². The molecule has 10 nitrogen and oxygen atoms in total. The predicted molar refractivity (Wildman–Crippen MR) is 173 cm³/mol. The van der Waals surface area contributed by atoms with Gasteiger partial charge in [-0.2, -0.15) is 11.8 Å². The minimum Gasteiger partial charge on any atom is -0.390 e. The number of carbonyl (C=O) groups is 4. The van der Waals surface area contributed by atoms with Crippen molar-refractivity contribution in [2.75, 3.05) is 25.1 Å². The van der Waals surface area contributed by atoms with Gasteiger partial charge in [0.25, 0.3) is 0 Å². The van der Waals surface area contributed by atoms with Crippen LogP contribution in [0.25, 0.3) is 0 Å². The molecular weight excluding hydrogens is 580 g/mol. The molecule has 1 aromatic rings. The van der Waals surface area contributed by atoms with Gasteiger partial charge in [0, 0.05) is 38.1 Å². The SMILES string of the molecule is CSC[C@H](NC(=O)[C@H](Cc1ccccc1)NC(=O)N1CCC(=O)CC1)C(=O)N[C@@H](CC1CCCCC1)[C@@H](O)[C@@H](O)CC(C)C. The lowest BCUT2D eigenvalue weighted by atomic mass is 9.82. The molecule has 1 saturated heterocycles. The third-order valence-electron chi connectivity index (χ3n) is 8.63. The Bertz CT molecular complexity index is 1060. The van der Waals surface area contributed by atoms with Crippen LogP contribution in [0.3, 0.4) is 0 Å². The smallest absolute Gasteiger partial charge is 0.318 e. The van der Waals surface area contributed by atoms with Crippen molar-refractivity contribution >= 4 is 35.4 Å². The second-order valence-corrected chi connectivity index (χ2v) is 13.7. The maximum absolute atomic E-state index is 13.7. The Morgan fingerprint density at radius 2 is 1.57 bits per heavy atom. The number of amides is 4. The highest BCUT2D eigenvalue weighted by Crippen LogP contribution is 2.29. The first kappa shape index (κ1) is 35.8. The number of thioether (sulfide) groups is 1. The molecule has 4 amide bonds. The van der Waals surface area contributed by atoms with Crippen LogP contribution >= 0.6 is 11.8 Å². The van der Waals surface area contributed by atoms with E-state index in [9.17, 15) is 29.4 Å². The number of urea groups is 1. The van der Waals surface area contributed by atoms with E-state index in [1.807, 2.05) is 50.4 Å². The highest BCUT2D eigenvalue weighted by Gasteiger charge is 2.34. The van der Waals surface area contributed by atoms with Crippen LogP contribution in [0.2, 0.25) is 0 Å². The maximum atomic E-state index is 13.7. The average molecular weight is 633 g/mol. The average Bonchev–Trinajstić information content (AvgIpc) is 3.00. The number of nitrogens with zero attached hydrogens (tertiary/aromatic N) is 1. The first-order chi connectivity index (χ1) is 21.1. The van der Waals surface area contributed by atoms with Gasteiger partial charge in [0.2, 0.25) is 11.8 Å². The molecule has 5 N–H and O–H groups in total. The van der Waals surface area contributed by atoms with Crippen molar-refractivity contribution in [3.05, 3.63) is 35.9 Å². The molecule has 0 bridgehead atoms. The van der Waals surface area contributed by atoms with E-state index in [4.69, 9.17) is 0 Å². The summed E-state index contributed by atoms with van der Waals surface area (Å²) in [7, 11) is 0. The van der Waals surface area contributed by atoms with E-state index in [-0.39, 0.29) is 18.1 Å². The summed E-state index contributed by atoms with van der Waals surface area (Å²) in [6.07, 6.45) is 6.98. The van der Waals surface area contributed by atoms with Crippen LogP contribution in [0, 0.1) is 11.8 Å². The molecule has 1 saturated carbocycles. The summed E-state index contributed by atoms with van der Waals surface area (Å²) in [6.45, 7) is 4.55. The third-order valence-corrected chi connectivity index (χ3v) is 9.30. The summed E-state index contributed by atoms with van der Waals surface area (Å²) in [5.41, 5.74) is 0.849. The molecule has 11 heteroatoms. The number of rotatable bonds is 15. The zero-order valence-corrected chi connectivity index (χ0v) is 27.3.